The highest BCUT2D eigenvalue weighted by Gasteiger charge is 2.19. The average Bonchev–Trinajstić information content (AvgIpc) is 3.34. The zero-order valence-electron chi connectivity index (χ0n) is 15.8. The molecule has 0 radical (unpaired) electrons. The SMILES string of the molecule is C[C@@H](Cn1ccc(-c2ccc(C#N)c(Cl)c2)n1)NC(=O)c1cc2n(n1)CCCO2. The van der Waals surface area contributed by atoms with Crippen LogP contribution in [0.3, 0.4) is 0 Å². The molecule has 0 aliphatic carbocycles. The number of carbonyl (C=O) groups excluding carboxylic acids is 1. The molecule has 0 unspecified atom stereocenters. The Morgan fingerprint density at radius 1 is 1.38 bits per heavy atom. The molecule has 8 nitrogen and oxygen atoms in total. The molecule has 1 aliphatic heterocycles. The summed E-state index contributed by atoms with van der Waals surface area (Å²) in [6, 6.07) is 10.6. The summed E-state index contributed by atoms with van der Waals surface area (Å²) in [7, 11) is 0. The maximum Gasteiger partial charge on any atom is 0.272 e. The summed E-state index contributed by atoms with van der Waals surface area (Å²) in [5.41, 5.74) is 2.35. The third kappa shape index (κ3) is 4.10. The van der Waals surface area contributed by atoms with E-state index in [1.807, 2.05) is 31.3 Å². The van der Waals surface area contributed by atoms with Crippen LogP contribution < -0.4 is 10.1 Å². The number of fused-ring (bicyclic) bond motifs is 1. The van der Waals surface area contributed by atoms with Gasteiger partial charge in [-0.15, -0.1) is 0 Å². The van der Waals surface area contributed by atoms with Gasteiger partial charge in [0, 0.05) is 36.8 Å². The van der Waals surface area contributed by atoms with E-state index in [2.05, 4.69) is 15.5 Å². The Balaban J connectivity index is 1.39. The van der Waals surface area contributed by atoms with Crippen molar-refractivity contribution in [1.29, 1.82) is 5.26 Å². The van der Waals surface area contributed by atoms with Gasteiger partial charge in [-0.25, -0.2) is 4.68 Å². The van der Waals surface area contributed by atoms with Crippen molar-refractivity contribution >= 4 is 17.5 Å². The molecule has 2 aromatic heterocycles. The summed E-state index contributed by atoms with van der Waals surface area (Å²) < 4.78 is 8.97. The molecule has 1 aliphatic rings. The minimum absolute atomic E-state index is 0.153. The molecule has 3 heterocycles. The predicted octanol–water partition coefficient (Wildman–Crippen LogP) is 2.87. The summed E-state index contributed by atoms with van der Waals surface area (Å²) in [4.78, 5) is 12.5. The van der Waals surface area contributed by atoms with Crippen molar-refractivity contribution in [2.75, 3.05) is 6.61 Å². The van der Waals surface area contributed by atoms with Crippen molar-refractivity contribution in [2.45, 2.75) is 32.5 Å². The molecule has 9 heteroatoms. The van der Waals surface area contributed by atoms with Crippen molar-refractivity contribution in [3.05, 3.63) is 52.8 Å². The van der Waals surface area contributed by atoms with Crippen molar-refractivity contribution in [2.24, 2.45) is 0 Å². The van der Waals surface area contributed by atoms with E-state index in [1.165, 1.54) is 0 Å². The Bertz CT molecular complexity index is 1070. The molecule has 148 valence electrons. The lowest BCUT2D eigenvalue weighted by Gasteiger charge is -2.13. The summed E-state index contributed by atoms with van der Waals surface area (Å²) in [5, 5.41) is 21.2. The van der Waals surface area contributed by atoms with Crippen LogP contribution in [0.25, 0.3) is 11.3 Å². The summed E-state index contributed by atoms with van der Waals surface area (Å²) in [5.74, 6) is 0.390. The molecule has 1 amide bonds. The van der Waals surface area contributed by atoms with Gasteiger partial charge in [-0.05, 0) is 25.1 Å². The topological polar surface area (TPSA) is 97.8 Å². The van der Waals surface area contributed by atoms with Gasteiger partial charge in [-0.3, -0.25) is 9.48 Å². The maximum atomic E-state index is 12.5. The fraction of sp³-hybridized carbons (Fsp3) is 0.300. The molecule has 4 rings (SSSR count). The van der Waals surface area contributed by atoms with Gasteiger partial charge in [0.05, 0.1) is 29.4 Å². The fourth-order valence-corrected chi connectivity index (χ4v) is 3.41. The minimum atomic E-state index is -0.241. The van der Waals surface area contributed by atoms with Crippen LogP contribution in [0.15, 0.2) is 36.5 Å². The lowest BCUT2D eigenvalue weighted by molar-refractivity contribution is 0.0930. The molecule has 0 spiro atoms. The number of nitrogens with one attached hydrogen (secondary N) is 1. The third-order valence-corrected chi connectivity index (χ3v) is 4.92. The van der Waals surface area contributed by atoms with Crippen LogP contribution in [0.1, 0.15) is 29.4 Å². The van der Waals surface area contributed by atoms with Gasteiger partial charge in [-0.1, -0.05) is 17.7 Å². The molecule has 0 fully saturated rings. The van der Waals surface area contributed by atoms with Crippen LogP contribution >= 0.6 is 11.6 Å². The van der Waals surface area contributed by atoms with E-state index in [9.17, 15) is 4.79 Å². The molecule has 1 atom stereocenters. The van der Waals surface area contributed by atoms with E-state index in [0.29, 0.717) is 35.3 Å². The highest BCUT2D eigenvalue weighted by Crippen LogP contribution is 2.24. The number of amides is 1. The summed E-state index contributed by atoms with van der Waals surface area (Å²) in [6.45, 7) is 3.81. The number of rotatable bonds is 5. The molecular formula is C20H19ClN6O2. The smallest absolute Gasteiger partial charge is 0.272 e. The lowest BCUT2D eigenvalue weighted by atomic mass is 10.1. The van der Waals surface area contributed by atoms with Crippen LogP contribution in [-0.4, -0.2) is 38.1 Å². The van der Waals surface area contributed by atoms with Crippen LogP contribution in [0.4, 0.5) is 0 Å². The zero-order valence-corrected chi connectivity index (χ0v) is 16.6. The normalized spacial score (nSPS) is 13.8. The highest BCUT2D eigenvalue weighted by molar-refractivity contribution is 6.32. The number of hydrogen-bond acceptors (Lipinski definition) is 5. The number of nitriles is 1. The second-order valence-electron chi connectivity index (χ2n) is 6.90. The number of nitrogens with zero attached hydrogens (tertiary/aromatic N) is 5. The summed E-state index contributed by atoms with van der Waals surface area (Å²) in [6.07, 6.45) is 2.73. The Labute approximate surface area is 172 Å². The number of benzene rings is 1. The number of hydrogen-bond donors (Lipinski definition) is 1. The standard InChI is InChI=1S/C20H19ClN6O2/c1-13(23-20(28)18-10-19-27(25-18)6-2-8-29-19)12-26-7-5-17(24-26)14-3-4-15(11-22)16(21)9-14/h3-5,7,9-10,13H,2,6,8,12H2,1H3,(H,23,28)/t13-/m0/s1. The number of carbonyl (C=O) groups is 1. The first-order valence-electron chi connectivity index (χ1n) is 9.28. The Morgan fingerprint density at radius 3 is 3.00 bits per heavy atom. The van der Waals surface area contributed by atoms with Gasteiger partial charge in [0.1, 0.15) is 6.07 Å². The quantitative estimate of drug-likeness (QED) is 0.697. The second-order valence-corrected chi connectivity index (χ2v) is 7.30. The largest absolute Gasteiger partial charge is 0.478 e. The fourth-order valence-electron chi connectivity index (χ4n) is 3.18. The lowest BCUT2D eigenvalue weighted by Crippen LogP contribution is -2.36. The van der Waals surface area contributed by atoms with Crippen LogP contribution in [-0.2, 0) is 13.1 Å². The third-order valence-electron chi connectivity index (χ3n) is 4.60. The van der Waals surface area contributed by atoms with E-state index in [1.54, 1.807) is 27.6 Å². The number of halogens is 1. The van der Waals surface area contributed by atoms with Crippen LogP contribution in [0, 0.1) is 11.3 Å². The second kappa shape index (κ2) is 7.97. The molecule has 1 N–H and O–H groups in total. The van der Waals surface area contributed by atoms with Crippen LogP contribution in [0.2, 0.25) is 5.02 Å². The number of aryl methyl sites for hydroxylation is 1. The predicted molar refractivity (Wildman–Crippen MR) is 107 cm³/mol. The molecule has 3 aromatic rings. The van der Waals surface area contributed by atoms with E-state index in [0.717, 1.165) is 24.2 Å². The average molecular weight is 411 g/mol. The van der Waals surface area contributed by atoms with Crippen molar-refractivity contribution in [3.63, 3.8) is 0 Å². The maximum absolute atomic E-state index is 12.5. The van der Waals surface area contributed by atoms with Gasteiger partial charge in [-0.2, -0.15) is 15.5 Å². The molecule has 1 aromatic carbocycles. The molecule has 0 saturated carbocycles. The monoisotopic (exact) mass is 410 g/mol. The van der Waals surface area contributed by atoms with Crippen molar-refractivity contribution in [3.8, 4) is 23.2 Å². The Kier molecular flexibility index (Phi) is 5.23. The Hall–Kier alpha value is -3.31. The molecule has 0 saturated heterocycles. The van der Waals surface area contributed by atoms with Gasteiger partial charge in [0.15, 0.2) is 5.69 Å². The Morgan fingerprint density at radius 2 is 2.24 bits per heavy atom. The first-order valence-corrected chi connectivity index (χ1v) is 9.66. The van der Waals surface area contributed by atoms with E-state index >= 15 is 0 Å². The molecular weight excluding hydrogens is 392 g/mol. The van der Waals surface area contributed by atoms with Crippen LogP contribution in [0.5, 0.6) is 5.88 Å². The van der Waals surface area contributed by atoms with Gasteiger partial charge in [0.25, 0.3) is 5.91 Å². The van der Waals surface area contributed by atoms with E-state index in [-0.39, 0.29) is 11.9 Å². The molecule has 29 heavy (non-hydrogen) atoms. The van der Waals surface area contributed by atoms with Gasteiger partial charge < -0.3 is 10.1 Å². The minimum Gasteiger partial charge on any atom is -0.478 e. The van der Waals surface area contributed by atoms with Gasteiger partial charge >= 0.3 is 0 Å². The summed E-state index contributed by atoms with van der Waals surface area (Å²) >= 11 is 6.10. The van der Waals surface area contributed by atoms with Crippen molar-refractivity contribution in [1.82, 2.24) is 24.9 Å². The first-order chi connectivity index (χ1) is 14.0. The number of aromatic nitrogens is 4. The van der Waals surface area contributed by atoms with E-state index in [4.69, 9.17) is 21.6 Å². The zero-order chi connectivity index (χ0) is 20.4. The number of ether oxygens (including phenoxy) is 1. The first kappa shape index (κ1) is 19.0. The van der Waals surface area contributed by atoms with Crippen molar-refractivity contribution < 1.29 is 9.53 Å². The van der Waals surface area contributed by atoms with E-state index < -0.39 is 0 Å². The van der Waals surface area contributed by atoms with Gasteiger partial charge in [0.2, 0.25) is 5.88 Å². The molecule has 0 bridgehead atoms. The highest BCUT2D eigenvalue weighted by atomic mass is 35.5.